The Bertz CT molecular complexity index is 763. The minimum absolute atomic E-state index is 0.185. The van der Waals surface area contributed by atoms with Crippen LogP contribution in [0, 0.1) is 0 Å². The van der Waals surface area contributed by atoms with Gasteiger partial charge >= 0.3 is 0 Å². The van der Waals surface area contributed by atoms with Crippen LogP contribution in [0.2, 0.25) is 5.02 Å². The van der Waals surface area contributed by atoms with Gasteiger partial charge in [0.25, 0.3) is 11.8 Å². The smallest absolute Gasteiger partial charge is 0.255 e. The zero-order valence-electron chi connectivity index (χ0n) is 14.7. The lowest BCUT2D eigenvalue weighted by Gasteiger charge is -2.09. The van der Waals surface area contributed by atoms with E-state index >= 15 is 0 Å². The maximum absolute atomic E-state index is 12.3. The number of hydrogen-bond donors (Lipinski definition) is 2. The standard InChI is InChI=1S/C19H21ClN2O4/c1-25-11-3-10-21-18(23)13-4-6-14(7-5-13)19(24)22-15-8-9-17(26-2)16(20)12-15/h4-9,12H,3,10-11H2,1-2H3,(H,21,23)(H,22,24). The van der Waals surface area contributed by atoms with Gasteiger partial charge in [0, 0.05) is 37.1 Å². The predicted octanol–water partition coefficient (Wildman–Crippen LogP) is 3.37. The van der Waals surface area contributed by atoms with Gasteiger partial charge in [-0.1, -0.05) is 11.6 Å². The van der Waals surface area contributed by atoms with Crippen LogP contribution in [0.4, 0.5) is 5.69 Å². The minimum Gasteiger partial charge on any atom is -0.495 e. The molecule has 0 spiro atoms. The molecule has 2 aromatic carbocycles. The van der Waals surface area contributed by atoms with Gasteiger partial charge in [-0.3, -0.25) is 9.59 Å². The van der Waals surface area contributed by atoms with Gasteiger partial charge in [0.15, 0.2) is 0 Å². The summed E-state index contributed by atoms with van der Waals surface area (Å²) in [5.41, 5.74) is 1.49. The average Bonchev–Trinajstić information content (AvgIpc) is 2.65. The first-order chi connectivity index (χ1) is 12.5. The lowest BCUT2D eigenvalue weighted by molar-refractivity contribution is 0.0947. The Labute approximate surface area is 157 Å². The average molecular weight is 377 g/mol. The summed E-state index contributed by atoms with van der Waals surface area (Å²) in [6, 6.07) is 11.4. The molecule has 0 saturated heterocycles. The van der Waals surface area contributed by atoms with Crippen LogP contribution in [-0.2, 0) is 4.74 Å². The van der Waals surface area contributed by atoms with E-state index in [1.54, 1.807) is 49.6 Å². The van der Waals surface area contributed by atoms with Gasteiger partial charge in [-0.25, -0.2) is 0 Å². The van der Waals surface area contributed by atoms with Crippen LogP contribution in [0.3, 0.4) is 0 Å². The molecule has 0 atom stereocenters. The lowest BCUT2D eigenvalue weighted by atomic mass is 10.1. The highest BCUT2D eigenvalue weighted by molar-refractivity contribution is 6.32. The van der Waals surface area contributed by atoms with Gasteiger partial charge < -0.3 is 20.1 Å². The van der Waals surface area contributed by atoms with Crippen molar-refractivity contribution < 1.29 is 19.1 Å². The molecule has 0 aliphatic carbocycles. The number of carbonyl (C=O) groups excluding carboxylic acids is 2. The van der Waals surface area contributed by atoms with Crippen molar-refractivity contribution in [2.45, 2.75) is 6.42 Å². The van der Waals surface area contributed by atoms with Crippen LogP contribution in [0.15, 0.2) is 42.5 Å². The van der Waals surface area contributed by atoms with E-state index in [-0.39, 0.29) is 11.8 Å². The highest BCUT2D eigenvalue weighted by Gasteiger charge is 2.10. The van der Waals surface area contributed by atoms with E-state index in [1.165, 1.54) is 7.11 Å². The van der Waals surface area contributed by atoms with Gasteiger partial charge in [0.1, 0.15) is 5.75 Å². The molecule has 0 aliphatic rings. The molecule has 2 N–H and O–H groups in total. The summed E-state index contributed by atoms with van der Waals surface area (Å²) >= 11 is 6.05. The number of nitrogens with one attached hydrogen (secondary N) is 2. The van der Waals surface area contributed by atoms with E-state index in [4.69, 9.17) is 21.1 Å². The molecule has 0 heterocycles. The van der Waals surface area contributed by atoms with Crippen molar-refractivity contribution >= 4 is 29.1 Å². The van der Waals surface area contributed by atoms with E-state index in [0.29, 0.717) is 40.7 Å². The van der Waals surface area contributed by atoms with Crippen molar-refractivity contribution in [1.29, 1.82) is 0 Å². The maximum atomic E-state index is 12.3. The van der Waals surface area contributed by atoms with Crippen LogP contribution in [0.5, 0.6) is 5.75 Å². The minimum atomic E-state index is -0.293. The van der Waals surface area contributed by atoms with Gasteiger partial charge in [0.2, 0.25) is 0 Å². The molecule has 2 aromatic rings. The van der Waals surface area contributed by atoms with E-state index in [1.807, 2.05) is 0 Å². The zero-order chi connectivity index (χ0) is 18.9. The van der Waals surface area contributed by atoms with Gasteiger partial charge in [-0.15, -0.1) is 0 Å². The number of anilines is 1. The molecule has 138 valence electrons. The van der Waals surface area contributed by atoms with E-state index in [0.717, 1.165) is 6.42 Å². The summed E-state index contributed by atoms with van der Waals surface area (Å²) in [7, 11) is 3.14. The summed E-state index contributed by atoms with van der Waals surface area (Å²) in [6.45, 7) is 1.13. The zero-order valence-corrected chi connectivity index (χ0v) is 15.4. The first-order valence-corrected chi connectivity index (χ1v) is 8.45. The van der Waals surface area contributed by atoms with E-state index in [9.17, 15) is 9.59 Å². The Balaban J connectivity index is 1.95. The topological polar surface area (TPSA) is 76.7 Å². The molecule has 0 aliphatic heterocycles. The summed E-state index contributed by atoms with van der Waals surface area (Å²) in [5, 5.41) is 5.96. The third-order valence-electron chi connectivity index (χ3n) is 3.63. The van der Waals surface area contributed by atoms with Crippen LogP contribution < -0.4 is 15.4 Å². The summed E-state index contributed by atoms with van der Waals surface area (Å²) < 4.78 is 10.0. The molecule has 26 heavy (non-hydrogen) atoms. The normalized spacial score (nSPS) is 10.3. The molecule has 0 fully saturated rings. The van der Waals surface area contributed by atoms with Crippen molar-refractivity contribution in [3.63, 3.8) is 0 Å². The van der Waals surface area contributed by atoms with Crippen molar-refractivity contribution in [2.24, 2.45) is 0 Å². The molecule has 0 radical (unpaired) electrons. The first kappa shape index (κ1) is 19.8. The highest BCUT2D eigenvalue weighted by atomic mass is 35.5. The third-order valence-corrected chi connectivity index (χ3v) is 3.93. The number of hydrogen-bond acceptors (Lipinski definition) is 4. The molecule has 6 nitrogen and oxygen atoms in total. The quantitative estimate of drug-likeness (QED) is 0.692. The molecule has 2 amide bonds. The van der Waals surface area contributed by atoms with E-state index in [2.05, 4.69) is 10.6 Å². The number of methoxy groups -OCH3 is 2. The molecule has 2 rings (SSSR count). The number of rotatable bonds is 8. The fourth-order valence-corrected chi connectivity index (χ4v) is 2.50. The fourth-order valence-electron chi connectivity index (χ4n) is 2.24. The van der Waals surface area contributed by atoms with Gasteiger partial charge in [-0.2, -0.15) is 0 Å². The van der Waals surface area contributed by atoms with E-state index < -0.39 is 0 Å². The Morgan fingerprint density at radius 2 is 1.65 bits per heavy atom. The second-order valence-corrected chi connectivity index (χ2v) is 5.89. The Morgan fingerprint density at radius 1 is 1.00 bits per heavy atom. The van der Waals surface area contributed by atoms with Crippen molar-refractivity contribution in [2.75, 3.05) is 32.7 Å². The van der Waals surface area contributed by atoms with Gasteiger partial charge in [-0.05, 0) is 48.9 Å². The number of benzene rings is 2. The molecule has 0 saturated carbocycles. The Hall–Kier alpha value is -2.57. The van der Waals surface area contributed by atoms with Crippen molar-refractivity contribution in [1.82, 2.24) is 5.32 Å². The molecule has 0 aromatic heterocycles. The van der Waals surface area contributed by atoms with Crippen LogP contribution >= 0.6 is 11.6 Å². The second kappa shape index (κ2) is 9.79. The Morgan fingerprint density at radius 3 is 2.23 bits per heavy atom. The number of halogens is 1. The molecule has 0 unspecified atom stereocenters. The summed E-state index contributed by atoms with van der Waals surface area (Å²) in [6.07, 6.45) is 0.743. The number of amides is 2. The summed E-state index contributed by atoms with van der Waals surface area (Å²) in [5.74, 6) is 0.0545. The predicted molar refractivity (Wildman–Crippen MR) is 101 cm³/mol. The first-order valence-electron chi connectivity index (χ1n) is 8.07. The fraction of sp³-hybridized carbons (Fsp3) is 0.263. The third kappa shape index (κ3) is 5.47. The maximum Gasteiger partial charge on any atom is 0.255 e. The lowest BCUT2D eigenvalue weighted by Crippen LogP contribution is -2.25. The molecular weight excluding hydrogens is 356 g/mol. The number of ether oxygens (including phenoxy) is 2. The van der Waals surface area contributed by atoms with Gasteiger partial charge in [0.05, 0.1) is 12.1 Å². The van der Waals surface area contributed by atoms with Crippen molar-refractivity contribution in [3.8, 4) is 5.75 Å². The summed E-state index contributed by atoms with van der Waals surface area (Å²) in [4.78, 5) is 24.3. The largest absolute Gasteiger partial charge is 0.495 e. The Kier molecular flexibility index (Phi) is 7.44. The van der Waals surface area contributed by atoms with Crippen molar-refractivity contribution in [3.05, 3.63) is 58.6 Å². The molecule has 7 heteroatoms. The molecule has 0 bridgehead atoms. The monoisotopic (exact) mass is 376 g/mol. The molecular formula is C19H21ClN2O4. The SMILES string of the molecule is COCCCNC(=O)c1ccc(C(=O)Nc2ccc(OC)c(Cl)c2)cc1. The number of carbonyl (C=O) groups is 2. The van der Waals surface area contributed by atoms with Crippen LogP contribution in [0.25, 0.3) is 0 Å². The highest BCUT2D eigenvalue weighted by Crippen LogP contribution is 2.27. The second-order valence-electron chi connectivity index (χ2n) is 5.48. The van der Waals surface area contributed by atoms with Crippen LogP contribution in [-0.4, -0.2) is 39.2 Å². The van der Waals surface area contributed by atoms with Crippen LogP contribution in [0.1, 0.15) is 27.1 Å².